The lowest BCUT2D eigenvalue weighted by Gasteiger charge is -2.18. The summed E-state index contributed by atoms with van der Waals surface area (Å²) in [6.07, 6.45) is 13.2. The zero-order valence-corrected chi connectivity index (χ0v) is 34.7. The highest BCUT2D eigenvalue weighted by atomic mass is 16.3. The molecule has 0 saturated heterocycles. The minimum Gasteiger partial charge on any atom is -0.455 e. The van der Waals surface area contributed by atoms with Crippen molar-refractivity contribution in [2.75, 3.05) is 0 Å². The number of benzene rings is 7. The molecule has 0 aliphatic heterocycles. The summed E-state index contributed by atoms with van der Waals surface area (Å²) in [5.74, 6) is 8.29. The van der Waals surface area contributed by atoms with Crippen molar-refractivity contribution < 1.29 is 4.42 Å². The zero-order valence-electron chi connectivity index (χ0n) is 34.7. The van der Waals surface area contributed by atoms with Crippen LogP contribution in [0.5, 0.6) is 0 Å². The number of hydrogen-bond donors (Lipinski definition) is 0. The van der Waals surface area contributed by atoms with Gasteiger partial charge in [-0.3, -0.25) is 0 Å². The number of nitrogens with zero attached hydrogens (tertiary/aromatic N) is 5. The van der Waals surface area contributed by atoms with Gasteiger partial charge in [-0.1, -0.05) is 157 Å². The van der Waals surface area contributed by atoms with Gasteiger partial charge in [-0.15, -0.1) is 0 Å². The Morgan fingerprint density at radius 1 is 0.531 bits per heavy atom. The summed E-state index contributed by atoms with van der Waals surface area (Å²) in [5.41, 5.74) is 14.6. The van der Waals surface area contributed by atoms with Crippen molar-refractivity contribution in [3.8, 4) is 62.8 Å². The number of para-hydroxylation sites is 5. The summed E-state index contributed by atoms with van der Waals surface area (Å²) >= 11 is 0. The molecular weight excluding hydrogens is 783 g/mol. The van der Waals surface area contributed by atoms with Crippen molar-refractivity contribution in [3.05, 3.63) is 193 Å². The highest BCUT2D eigenvalue weighted by molar-refractivity contribution is 6.14. The second kappa shape index (κ2) is 14.5. The first kappa shape index (κ1) is 36.2. The van der Waals surface area contributed by atoms with Crippen molar-refractivity contribution in [2.24, 2.45) is 0 Å². The van der Waals surface area contributed by atoms with Gasteiger partial charge in [0.15, 0.2) is 17.5 Å². The molecule has 0 radical (unpaired) electrons. The van der Waals surface area contributed by atoms with Crippen LogP contribution >= 0.6 is 0 Å². The zero-order chi connectivity index (χ0) is 42.1. The van der Waals surface area contributed by atoms with E-state index < -0.39 is 0 Å². The maximum atomic E-state index is 6.60. The Morgan fingerprint density at radius 3 is 2.11 bits per heavy atom. The maximum absolute atomic E-state index is 6.60. The Morgan fingerprint density at radius 2 is 1.22 bits per heavy atom. The van der Waals surface area contributed by atoms with E-state index >= 15 is 0 Å². The Hall–Kier alpha value is -8.53. The predicted molar refractivity (Wildman–Crippen MR) is 262 cm³/mol. The molecular formula is C58H37N5O. The van der Waals surface area contributed by atoms with Crippen molar-refractivity contribution in [3.63, 3.8) is 0 Å². The van der Waals surface area contributed by atoms with E-state index in [2.05, 4.69) is 179 Å². The largest absolute Gasteiger partial charge is 0.455 e. The molecule has 0 saturated carbocycles. The second-order valence-electron chi connectivity index (χ2n) is 16.4. The number of hydrogen-bond acceptors (Lipinski definition) is 4. The van der Waals surface area contributed by atoms with Gasteiger partial charge < -0.3 is 13.6 Å². The van der Waals surface area contributed by atoms with Gasteiger partial charge >= 0.3 is 0 Å². The van der Waals surface area contributed by atoms with Crippen LogP contribution in [0.2, 0.25) is 0 Å². The van der Waals surface area contributed by atoms with Crippen molar-refractivity contribution in [1.82, 2.24) is 24.1 Å². The van der Waals surface area contributed by atoms with Crippen LogP contribution in [0.25, 0.3) is 117 Å². The number of furan rings is 1. The SMILES string of the molecule is C1#CCC(n2c3ccccc3c3cccc(-n4c5c(c6cccc(-c7nc(-c8ccc(-c9ccccc9)cc8)nc(-c8cccc9c8oc8ccccc89)n7)c64)C=CCC5)c32)=CC=C1. The van der Waals surface area contributed by atoms with Gasteiger partial charge in [0.1, 0.15) is 11.2 Å². The van der Waals surface area contributed by atoms with Gasteiger partial charge in [0.05, 0.1) is 34.2 Å². The van der Waals surface area contributed by atoms with E-state index in [9.17, 15) is 0 Å². The molecule has 0 unspecified atom stereocenters. The quantitative estimate of drug-likeness (QED) is 0.157. The second-order valence-corrected chi connectivity index (χ2v) is 16.4. The molecule has 0 spiro atoms. The van der Waals surface area contributed by atoms with E-state index in [1.807, 2.05) is 30.3 Å². The van der Waals surface area contributed by atoms with Crippen LogP contribution in [0.3, 0.4) is 0 Å². The van der Waals surface area contributed by atoms with Crippen LogP contribution < -0.4 is 0 Å². The lowest BCUT2D eigenvalue weighted by molar-refractivity contribution is 0.669. The Kier molecular flexibility index (Phi) is 8.22. The van der Waals surface area contributed by atoms with Crippen molar-refractivity contribution >= 4 is 66.4 Å². The third-order valence-electron chi connectivity index (χ3n) is 12.8. The standard InChI is InChI=1S/C58H37N5O/c1-2-7-20-40(19-6-1)62-49-29-11-8-22-42(49)45-25-16-31-51(54(45)62)63-50-30-12-9-21-41(50)44-24-14-27-47(53(44)63)57-59-56(39-35-33-38(34-36-39)37-17-4-3-5-18-37)60-58(61-57)48-28-15-26-46-43-23-10-13-32-52(43)64-55(46)48/h1,3-6,8-11,13-19,21-29,31-36H,12,20,30H2. The first-order valence-corrected chi connectivity index (χ1v) is 21.8. The number of aromatic nitrogens is 5. The average molecular weight is 820 g/mol. The molecule has 13 rings (SSSR count). The molecule has 2 aliphatic rings. The van der Waals surface area contributed by atoms with Gasteiger partial charge in [-0.2, -0.15) is 0 Å². The summed E-state index contributed by atoms with van der Waals surface area (Å²) < 4.78 is 11.5. The summed E-state index contributed by atoms with van der Waals surface area (Å²) in [6.45, 7) is 0. The van der Waals surface area contributed by atoms with Crippen molar-refractivity contribution in [2.45, 2.75) is 19.3 Å². The molecule has 11 aromatic rings. The Balaban J connectivity index is 1.10. The molecule has 0 fully saturated rings. The topological polar surface area (TPSA) is 61.7 Å². The van der Waals surface area contributed by atoms with Crippen LogP contribution in [0.15, 0.2) is 186 Å². The normalized spacial score (nSPS) is 13.4. The first-order valence-electron chi connectivity index (χ1n) is 21.8. The molecule has 6 heteroatoms. The Labute approximate surface area is 368 Å². The molecule has 0 amide bonds. The van der Waals surface area contributed by atoms with Crippen LogP contribution in [0, 0.1) is 11.8 Å². The molecule has 0 bridgehead atoms. The van der Waals surface area contributed by atoms with Gasteiger partial charge in [-0.25, -0.2) is 15.0 Å². The van der Waals surface area contributed by atoms with Crippen LogP contribution in [-0.4, -0.2) is 24.1 Å². The molecule has 0 N–H and O–H groups in total. The molecule has 7 aromatic carbocycles. The van der Waals surface area contributed by atoms with Crippen LogP contribution in [0.4, 0.5) is 0 Å². The minimum atomic E-state index is 0.549. The fourth-order valence-corrected chi connectivity index (χ4v) is 9.92. The number of rotatable bonds is 6. The monoisotopic (exact) mass is 819 g/mol. The summed E-state index contributed by atoms with van der Waals surface area (Å²) in [4.78, 5) is 16.1. The minimum absolute atomic E-state index is 0.549. The van der Waals surface area contributed by atoms with E-state index in [0.29, 0.717) is 23.9 Å². The average Bonchev–Trinajstić information content (AvgIpc) is 3.94. The van der Waals surface area contributed by atoms with Crippen LogP contribution in [-0.2, 0) is 6.42 Å². The third-order valence-corrected chi connectivity index (χ3v) is 12.8. The molecule has 6 nitrogen and oxygen atoms in total. The Bertz CT molecular complexity index is 3870. The van der Waals surface area contributed by atoms with Gasteiger partial charge in [-0.05, 0) is 66.5 Å². The maximum Gasteiger partial charge on any atom is 0.167 e. The molecule has 300 valence electrons. The van der Waals surface area contributed by atoms with E-state index in [1.165, 1.54) is 22.0 Å². The summed E-state index contributed by atoms with van der Waals surface area (Å²) in [6, 6.07) is 55.3. The number of allylic oxidation sites excluding steroid dienone is 5. The third kappa shape index (κ3) is 5.65. The van der Waals surface area contributed by atoms with E-state index in [4.69, 9.17) is 19.4 Å². The molecule has 0 atom stereocenters. The highest BCUT2D eigenvalue weighted by Gasteiger charge is 2.27. The summed E-state index contributed by atoms with van der Waals surface area (Å²) in [5, 5.41) is 5.63. The number of fused-ring (bicyclic) bond motifs is 9. The smallest absolute Gasteiger partial charge is 0.167 e. The fraction of sp³-hybridized carbons (Fsp3) is 0.0517. The molecule has 4 heterocycles. The first-order chi connectivity index (χ1) is 31.8. The van der Waals surface area contributed by atoms with Crippen molar-refractivity contribution in [1.29, 1.82) is 0 Å². The molecule has 64 heavy (non-hydrogen) atoms. The van der Waals surface area contributed by atoms with E-state index in [1.54, 1.807) is 0 Å². The lowest BCUT2D eigenvalue weighted by atomic mass is 10.0. The predicted octanol–water partition coefficient (Wildman–Crippen LogP) is 14.3. The highest BCUT2D eigenvalue weighted by Crippen LogP contribution is 2.44. The van der Waals surface area contributed by atoms with Crippen LogP contribution in [0.1, 0.15) is 24.1 Å². The van der Waals surface area contributed by atoms with E-state index in [-0.39, 0.29) is 0 Å². The summed E-state index contributed by atoms with van der Waals surface area (Å²) in [7, 11) is 0. The van der Waals surface area contributed by atoms with Gasteiger partial charge in [0, 0.05) is 55.0 Å². The van der Waals surface area contributed by atoms with Gasteiger partial charge in [0.25, 0.3) is 0 Å². The molecule has 4 aromatic heterocycles. The lowest BCUT2D eigenvalue weighted by Crippen LogP contribution is -2.07. The van der Waals surface area contributed by atoms with E-state index in [0.717, 1.165) is 95.9 Å². The fourth-order valence-electron chi connectivity index (χ4n) is 9.92. The van der Waals surface area contributed by atoms with Gasteiger partial charge in [0.2, 0.25) is 0 Å². The molecule has 2 aliphatic carbocycles.